The summed E-state index contributed by atoms with van der Waals surface area (Å²) in [6.45, 7) is 4.54. The second-order valence-electron chi connectivity index (χ2n) is 4.30. The summed E-state index contributed by atoms with van der Waals surface area (Å²) < 4.78 is 27.6. The SMILES string of the molecule is CCc1ccc(C)cc1OCCCS(C)(=O)=O. The first kappa shape index (κ1) is 14.0. The van der Waals surface area contributed by atoms with E-state index in [1.807, 2.05) is 13.0 Å². The van der Waals surface area contributed by atoms with Crippen LogP contribution in [0.3, 0.4) is 0 Å². The molecule has 0 heterocycles. The van der Waals surface area contributed by atoms with Crippen molar-refractivity contribution in [2.75, 3.05) is 18.6 Å². The fraction of sp³-hybridized carbons (Fsp3) is 0.538. The lowest BCUT2D eigenvalue weighted by Gasteiger charge is -2.11. The molecule has 3 nitrogen and oxygen atoms in total. The summed E-state index contributed by atoms with van der Waals surface area (Å²) in [4.78, 5) is 0. The van der Waals surface area contributed by atoms with E-state index < -0.39 is 9.84 Å². The Morgan fingerprint density at radius 3 is 2.59 bits per heavy atom. The first-order chi connectivity index (χ1) is 7.92. The fourth-order valence-corrected chi connectivity index (χ4v) is 2.23. The van der Waals surface area contributed by atoms with Gasteiger partial charge in [-0.05, 0) is 37.0 Å². The lowest BCUT2D eigenvalue weighted by molar-refractivity contribution is 0.314. The van der Waals surface area contributed by atoms with Crippen LogP contribution in [0.2, 0.25) is 0 Å². The van der Waals surface area contributed by atoms with Crippen LogP contribution < -0.4 is 4.74 Å². The van der Waals surface area contributed by atoms with Crippen LogP contribution >= 0.6 is 0 Å². The van der Waals surface area contributed by atoms with E-state index >= 15 is 0 Å². The van der Waals surface area contributed by atoms with Gasteiger partial charge < -0.3 is 4.74 Å². The normalized spacial score (nSPS) is 11.5. The van der Waals surface area contributed by atoms with Gasteiger partial charge in [0.05, 0.1) is 12.4 Å². The van der Waals surface area contributed by atoms with Crippen LogP contribution in [0.15, 0.2) is 18.2 Å². The highest BCUT2D eigenvalue weighted by molar-refractivity contribution is 7.90. The summed E-state index contributed by atoms with van der Waals surface area (Å²) in [5.74, 6) is 1.06. The maximum absolute atomic E-state index is 11.0. The summed E-state index contributed by atoms with van der Waals surface area (Å²) in [5.41, 5.74) is 2.32. The molecule has 0 saturated heterocycles. The minimum atomic E-state index is -2.88. The minimum Gasteiger partial charge on any atom is -0.493 e. The molecule has 0 unspecified atom stereocenters. The van der Waals surface area contributed by atoms with Crippen molar-refractivity contribution in [2.24, 2.45) is 0 Å². The Hall–Kier alpha value is -1.03. The second kappa shape index (κ2) is 6.05. The predicted molar refractivity (Wildman–Crippen MR) is 70.4 cm³/mol. The maximum Gasteiger partial charge on any atom is 0.147 e. The molecule has 0 fully saturated rings. The van der Waals surface area contributed by atoms with E-state index in [9.17, 15) is 8.42 Å². The summed E-state index contributed by atoms with van der Waals surface area (Å²) in [7, 11) is -2.88. The average Bonchev–Trinajstić information content (AvgIpc) is 2.23. The molecule has 1 rings (SSSR count). The second-order valence-corrected chi connectivity index (χ2v) is 6.56. The van der Waals surface area contributed by atoms with Gasteiger partial charge >= 0.3 is 0 Å². The van der Waals surface area contributed by atoms with Crippen molar-refractivity contribution in [2.45, 2.75) is 26.7 Å². The van der Waals surface area contributed by atoms with Gasteiger partial charge in [0.25, 0.3) is 0 Å². The number of aryl methyl sites for hydroxylation is 2. The largest absolute Gasteiger partial charge is 0.493 e. The quantitative estimate of drug-likeness (QED) is 0.734. The highest BCUT2D eigenvalue weighted by Gasteiger charge is 2.04. The Labute approximate surface area is 104 Å². The van der Waals surface area contributed by atoms with Crippen LogP contribution in [0, 0.1) is 6.92 Å². The zero-order valence-electron chi connectivity index (χ0n) is 10.7. The van der Waals surface area contributed by atoms with Crippen LogP contribution in [0.4, 0.5) is 0 Å². The van der Waals surface area contributed by atoms with E-state index in [-0.39, 0.29) is 5.75 Å². The molecule has 0 saturated carbocycles. The van der Waals surface area contributed by atoms with Gasteiger partial charge in [-0.2, -0.15) is 0 Å². The number of sulfone groups is 1. The summed E-state index contributed by atoms with van der Waals surface area (Å²) >= 11 is 0. The zero-order chi connectivity index (χ0) is 12.9. The lowest BCUT2D eigenvalue weighted by atomic mass is 10.1. The summed E-state index contributed by atoms with van der Waals surface area (Å²) in [6.07, 6.45) is 2.70. The molecule has 0 amide bonds. The Balaban J connectivity index is 2.54. The van der Waals surface area contributed by atoms with E-state index in [0.717, 1.165) is 23.3 Å². The Bertz CT molecular complexity index is 464. The number of rotatable bonds is 6. The highest BCUT2D eigenvalue weighted by atomic mass is 32.2. The number of hydrogen-bond acceptors (Lipinski definition) is 3. The van der Waals surface area contributed by atoms with Crippen molar-refractivity contribution < 1.29 is 13.2 Å². The minimum absolute atomic E-state index is 0.181. The molecule has 0 aromatic heterocycles. The van der Waals surface area contributed by atoms with Crippen LogP contribution in [0.1, 0.15) is 24.5 Å². The monoisotopic (exact) mass is 256 g/mol. The Morgan fingerprint density at radius 2 is 2.00 bits per heavy atom. The number of benzene rings is 1. The molecule has 0 aliphatic heterocycles. The van der Waals surface area contributed by atoms with E-state index in [1.54, 1.807) is 0 Å². The van der Waals surface area contributed by atoms with Gasteiger partial charge in [0.1, 0.15) is 15.6 Å². The van der Waals surface area contributed by atoms with Gasteiger partial charge in [0, 0.05) is 6.26 Å². The molecule has 96 valence electrons. The third-order valence-electron chi connectivity index (χ3n) is 2.52. The van der Waals surface area contributed by atoms with Gasteiger partial charge in [-0.25, -0.2) is 8.42 Å². The molecule has 0 spiro atoms. The molecule has 0 atom stereocenters. The van der Waals surface area contributed by atoms with E-state index in [0.29, 0.717) is 13.0 Å². The summed E-state index contributed by atoms with van der Waals surface area (Å²) in [5, 5.41) is 0. The topological polar surface area (TPSA) is 43.4 Å². The van der Waals surface area contributed by atoms with Crippen molar-refractivity contribution in [1.29, 1.82) is 0 Å². The van der Waals surface area contributed by atoms with Crippen molar-refractivity contribution >= 4 is 9.84 Å². The van der Waals surface area contributed by atoms with Gasteiger partial charge in [0.2, 0.25) is 0 Å². The molecular formula is C13H20O3S. The standard InChI is InChI=1S/C13H20O3S/c1-4-12-7-6-11(2)10-13(12)16-8-5-9-17(3,14)15/h6-7,10H,4-5,8-9H2,1-3H3. The summed E-state index contributed by atoms with van der Waals surface area (Å²) in [6, 6.07) is 6.11. The average molecular weight is 256 g/mol. The maximum atomic E-state index is 11.0. The van der Waals surface area contributed by atoms with Crippen molar-refractivity contribution in [3.8, 4) is 5.75 Å². The van der Waals surface area contributed by atoms with Crippen LogP contribution in [0.5, 0.6) is 5.75 Å². The van der Waals surface area contributed by atoms with E-state index in [4.69, 9.17) is 4.74 Å². The molecule has 0 aliphatic carbocycles. The van der Waals surface area contributed by atoms with Gasteiger partial charge in [0.15, 0.2) is 0 Å². The smallest absolute Gasteiger partial charge is 0.147 e. The zero-order valence-corrected chi connectivity index (χ0v) is 11.5. The van der Waals surface area contributed by atoms with Gasteiger partial charge in [-0.1, -0.05) is 19.1 Å². The molecule has 1 aromatic rings. The Morgan fingerprint density at radius 1 is 1.29 bits per heavy atom. The predicted octanol–water partition coefficient (Wildman–Crippen LogP) is 2.37. The molecular weight excluding hydrogens is 236 g/mol. The highest BCUT2D eigenvalue weighted by Crippen LogP contribution is 2.20. The van der Waals surface area contributed by atoms with Crippen molar-refractivity contribution in [3.05, 3.63) is 29.3 Å². The van der Waals surface area contributed by atoms with Crippen molar-refractivity contribution in [1.82, 2.24) is 0 Å². The molecule has 0 radical (unpaired) electrons. The lowest BCUT2D eigenvalue weighted by Crippen LogP contribution is -2.08. The van der Waals surface area contributed by atoms with Crippen LogP contribution in [-0.4, -0.2) is 27.0 Å². The molecule has 0 N–H and O–H groups in total. The van der Waals surface area contributed by atoms with Gasteiger partial charge in [-0.15, -0.1) is 0 Å². The van der Waals surface area contributed by atoms with E-state index in [2.05, 4.69) is 19.1 Å². The van der Waals surface area contributed by atoms with E-state index in [1.165, 1.54) is 6.26 Å². The molecule has 17 heavy (non-hydrogen) atoms. The molecule has 1 aromatic carbocycles. The first-order valence-electron chi connectivity index (χ1n) is 5.82. The Kier molecular flexibility index (Phi) is 5.00. The number of hydrogen-bond donors (Lipinski definition) is 0. The molecule has 0 aliphatic rings. The van der Waals surface area contributed by atoms with Crippen LogP contribution in [0.25, 0.3) is 0 Å². The fourth-order valence-electron chi connectivity index (χ4n) is 1.59. The van der Waals surface area contributed by atoms with Crippen LogP contribution in [-0.2, 0) is 16.3 Å². The van der Waals surface area contributed by atoms with Crippen molar-refractivity contribution in [3.63, 3.8) is 0 Å². The third kappa shape index (κ3) is 5.22. The molecule has 0 bridgehead atoms. The first-order valence-corrected chi connectivity index (χ1v) is 7.88. The third-order valence-corrected chi connectivity index (χ3v) is 3.55. The van der Waals surface area contributed by atoms with Gasteiger partial charge in [-0.3, -0.25) is 0 Å². The molecule has 4 heteroatoms. The number of ether oxygens (including phenoxy) is 1.